The van der Waals surface area contributed by atoms with Gasteiger partial charge >= 0.3 is 6.03 Å². The number of anilines is 2. The second kappa shape index (κ2) is 9.44. The Hall–Kier alpha value is -2.65. The summed E-state index contributed by atoms with van der Waals surface area (Å²) in [5, 5.41) is 8.85. The maximum Gasteiger partial charge on any atom is 0.325 e. The molecule has 0 atom stereocenters. The molecular weight excluding hydrogens is 418 g/mol. The van der Waals surface area contributed by atoms with Gasteiger partial charge in [-0.2, -0.15) is 0 Å². The second-order valence-corrected chi connectivity index (χ2v) is 9.12. The molecule has 0 radical (unpaired) electrons. The summed E-state index contributed by atoms with van der Waals surface area (Å²) in [5.41, 5.74) is 3.00. The first-order chi connectivity index (χ1) is 14.6. The number of aromatic amines is 1. The maximum absolute atomic E-state index is 12.9. The molecule has 4 rings (SSSR count). The number of aromatic nitrogens is 3. The molecule has 2 aromatic heterocycles. The predicted octanol–water partition coefficient (Wildman–Crippen LogP) is 5.48. The summed E-state index contributed by atoms with van der Waals surface area (Å²) in [7, 11) is 0. The summed E-state index contributed by atoms with van der Waals surface area (Å²) < 4.78 is 0. The molecule has 0 bridgehead atoms. The van der Waals surface area contributed by atoms with Crippen LogP contribution in [0.1, 0.15) is 47.3 Å². The summed E-state index contributed by atoms with van der Waals surface area (Å²) in [4.78, 5) is 37.1. The van der Waals surface area contributed by atoms with Gasteiger partial charge in [-0.25, -0.2) is 14.8 Å². The van der Waals surface area contributed by atoms with Gasteiger partial charge in [-0.15, -0.1) is 11.3 Å². The van der Waals surface area contributed by atoms with Crippen LogP contribution < -0.4 is 10.6 Å². The van der Waals surface area contributed by atoms with Crippen molar-refractivity contribution < 1.29 is 9.59 Å². The van der Waals surface area contributed by atoms with Gasteiger partial charge in [0.25, 0.3) is 0 Å². The number of amides is 2. The lowest BCUT2D eigenvalue weighted by Crippen LogP contribution is -2.22. The van der Waals surface area contributed by atoms with Crippen LogP contribution in [0.25, 0.3) is 0 Å². The van der Waals surface area contributed by atoms with Crippen LogP contribution in [-0.4, -0.2) is 26.8 Å². The van der Waals surface area contributed by atoms with Crippen molar-refractivity contribution in [3.8, 4) is 0 Å². The van der Waals surface area contributed by atoms with Crippen molar-refractivity contribution in [2.45, 2.75) is 43.5 Å². The van der Waals surface area contributed by atoms with Crippen LogP contribution in [0.5, 0.6) is 0 Å². The first kappa shape index (κ1) is 20.6. The molecule has 1 saturated carbocycles. The summed E-state index contributed by atoms with van der Waals surface area (Å²) in [6.07, 6.45) is 7.52. The predicted molar refractivity (Wildman–Crippen MR) is 120 cm³/mol. The number of nitrogens with zero attached hydrogens (tertiary/aromatic N) is 2. The highest BCUT2D eigenvalue weighted by Crippen LogP contribution is 2.31. The number of urea groups is 1. The number of carbonyl (C=O) groups is 2. The van der Waals surface area contributed by atoms with E-state index in [9.17, 15) is 9.59 Å². The van der Waals surface area contributed by atoms with Crippen LogP contribution in [0.3, 0.4) is 0 Å². The third-order valence-electron chi connectivity index (χ3n) is 5.02. The van der Waals surface area contributed by atoms with E-state index in [0.29, 0.717) is 22.1 Å². The number of benzene rings is 1. The minimum Gasteiger partial charge on any atom is -0.340 e. The van der Waals surface area contributed by atoms with Gasteiger partial charge in [0.2, 0.25) is 0 Å². The summed E-state index contributed by atoms with van der Waals surface area (Å²) in [5.74, 6) is 0.840. The molecular formula is C21H23N5O2S2. The van der Waals surface area contributed by atoms with Gasteiger partial charge in [-0.1, -0.05) is 36.2 Å². The third-order valence-corrected chi connectivity index (χ3v) is 6.76. The van der Waals surface area contributed by atoms with Gasteiger partial charge in [-0.3, -0.25) is 10.1 Å². The zero-order chi connectivity index (χ0) is 20.9. The topological polar surface area (TPSA) is 99.8 Å². The minimum absolute atomic E-state index is 0.0589. The van der Waals surface area contributed by atoms with Crippen molar-refractivity contribution in [1.29, 1.82) is 0 Å². The Morgan fingerprint density at radius 3 is 2.87 bits per heavy atom. The van der Waals surface area contributed by atoms with Crippen molar-refractivity contribution >= 4 is 45.7 Å². The number of aryl methyl sites for hydroxylation is 1. The first-order valence-electron chi connectivity index (χ1n) is 9.88. The van der Waals surface area contributed by atoms with E-state index in [0.717, 1.165) is 42.1 Å². The quantitative estimate of drug-likeness (QED) is 0.333. The number of hydrogen-bond donors (Lipinski definition) is 3. The Kier molecular flexibility index (Phi) is 6.49. The molecule has 30 heavy (non-hydrogen) atoms. The molecule has 2 heterocycles. The molecule has 0 aliphatic heterocycles. The monoisotopic (exact) mass is 441 g/mol. The average Bonchev–Trinajstić information content (AvgIpc) is 3.50. The Bertz CT molecular complexity index is 1030. The minimum atomic E-state index is -0.404. The number of nitrogens with one attached hydrogen (secondary N) is 3. The standard InChI is InChI=1S/C21H23N5O2S2/c1-13-6-7-17(16(10-13)18(27)14-4-2-3-5-14)25-19(28)26-21-24-15(12-30-21)11-29-20-22-8-9-23-20/h6-10,12,14H,2-5,11H2,1H3,(H,22,23)(H2,24,25,26,28). The normalized spacial score (nSPS) is 14.0. The fourth-order valence-electron chi connectivity index (χ4n) is 3.53. The lowest BCUT2D eigenvalue weighted by molar-refractivity contribution is 0.0923. The van der Waals surface area contributed by atoms with Gasteiger partial charge in [0.05, 0.1) is 11.4 Å². The molecule has 3 aromatic rings. The molecule has 1 fully saturated rings. The van der Waals surface area contributed by atoms with Crippen LogP contribution in [0.15, 0.2) is 41.1 Å². The lowest BCUT2D eigenvalue weighted by atomic mass is 9.94. The van der Waals surface area contributed by atoms with Gasteiger partial charge < -0.3 is 10.3 Å². The number of hydrogen-bond acceptors (Lipinski definition) is 6. The molecule has 156 valence electrons. The van der Waals surface area contributed by atoms with Crippen molar-refractivity contribution in [1.82, 2.24) is 15.0 Å². The van der Waals surface area contributed by atoms with Crippen LogP contribution in [0.2, 0.25) is 0 Å². The van der Waals surface area contributed by atoms with E-state index in [-0.39, 0.29) is 11.7 Å². The highest BCUT2D eigenvalue weighted by molar-refractivity contribution is 7.98. The molecule has 1 aliphatic rings. The molecule has 7 nitrogen and oxygen atoms in total. The molecule has 0 saturated heterocycles. The van der Waals surface area contributed by atoms with Gasteiger partial charge in [-0.05, 0) is 31.9 Å². The van der Waals surface area contributed by atoms with E-state index in [1.165, 1.54) is 11.3 Å². The van der Waals surface area contributed by atoms with E-state index in [2.05, 4.69) is 25.6 Å². The number of carbonyl (C=O) groups excluding carboxylic acids is 2. The number of imidazole rings is 1. The fraction of sp³-hybridized carbons (Fsp3) is 0.333. The maximum atomic E-state index is 12.9. The van der Waals surface area contributed by atoms with E-state index in [1.54, 1.807) is 30.2 Å². The number of Topliss-reactive ketones (excluding diaryl/α,β-unsaturated/α-hetero) is 1. The summed E-state index contributed by atoms with van der Waals surface area (Å²) in [6.45, 7) is 1.95. The van der Waals surface area contributed by atoms with E-state index < -0.39 is 6.03 Å². The number of thioether (sulfide) groups is 1. The number of H-pyrrole nitrogens is 1. The van der Waals surface area contributed by atoms with Crippen LogP contribution in [0.4, 0.5) is 15.6 Å². The van der Waals surface area contributed by atoms with Crippen molar-refractivity contribution in [3.63, 3.8) is 0 Å². The number of thiazole rings is 1. The molecule has 2 amide bonds. The summed E-state index contributed by atoms with van der Waals surface area (Å²) in [6, 6.07) is 5.15. The third kappa shape index (κ3) is 5.09. The van der Waals surface area contributed by atoms with Gasteiger partial charge in [0, 0.05) is 35.0 Å². The Labute approximate surface area is 183 Å². The summed E-state index contributed by atoms with van der Waals surface area (Å²) >= 11 is 2.91. The number of rotatable bonds is 7. The molecule has 1 aliphatic carbocycles. The van der Waals surface area contributed by atoms with Crippen LogP contribution in [-0.2, 0) is 5.75 Å². The molecule has 0 spiro atoms. The van der Waals surface area contributed by atoms with Crippen molar-refractivity contribution in [2.24, 2.45) is 5.92 Å². The average molecular weight is 442 g/mol. The number of ketones is 1. The Morgan fingerprint density at radius 1 is 1.27 bits per heavy atom. The van der Waals surface area contributed by atoms with E-state index in [1.807, 2.05) is 24.4 Å². The first-order valence-corrected chi connectivity index (χ1v) is 11.7. The smallest absolute Gasteiger partial charge is 0.325 e. The van der Waals surface area contributed by atoms with Crippen LogP contribution in [0, 0.1) is 12.8 Å². The van der Waals surface area contributed by atoms with E-state index >= 15 is 0 Å². The Balaban J connectivity index is 1.39. The lowest BCUT2D eigenvalue weighted by Gasteiger charge is -2.14. The second-order valence-electron chi connectivity index (χ2n) is 7.30. The largest absolute Gasteiger partial charge is 0.340 e. The SMILES string of the molecule is Cc1ccc(NC(=O)Nc2nc(CSc3ncc[nH]3)cs2)c(C(=O)C2CCCC2)c1. The Morgan fingerprint density at radius 2 is 2.10 bits per heavy atom. The van der Waals surface area contributed by atoms with Crippen molar-refractivity contribution in [2.75, 3.05) is 10.6 Å². The molecule has 1 aromatic carbocycles. The molecule has 9 heteroatoms. The molecule has 3 N–H and O–H groups in total. The van der Waals surface area contributed by atoms with E-state index in [4.69, 9.17) is 0 Å². The highest BCUT2D eigenvalue weighted by Gasteiger charge is 2.26. The molecule has 0 unspecified atom stereocenters. The van der Waals surface area contributed by atoms with Crippen molar-refractivity contribution in [3.05, 3.63) is 52.8 Å². The fourth-order valence-corrected chi connectivity index (χ4v) is 5.06. The highest BCUT2D eigenvalue weighted by atomic mass is 32.2. The van der Waals surface area contributed by atoms with Crippen LogP contribution >= 0.6 is 23.1 Å². The van der Waals surface area contributed by atoms with Gasteiger partial charge in [0.1, 0.15) is 0 Å². The van der Waals surface area contributed by atoms with Gasteiger partial charge in [0.15, 0.2) is 16.1 Å². The zero-order valence-corrected chi connectivity index (χ0v) is 18.2. The zero-order valence-electron chi connectivity index (χ0n) is 16.6.